The summed E-state index contributed by atoms with van der Waals surface area (Å²) < 4.78 is 16.5. The second-order valence-electron chi connectivity index (χ2n) is 8.04. The molecular weight excluding hydrogens is 450 g/mol. The molecule has 0 saturated heterocycles. The summed E-state index contributed by atoms with van der Waals surface area (Å²) in [7, 11) is 0. The van der Waals surface area contributed by atoms with Gasteiger partial charge < -0.3 is 19.5 Å². The van der Waals surface area contributed by atoms with E-state index in [9.17, 15) is 9.59 Å². The Morgan fingerprint density at radius 1 is 0.971 bits per heavy atom. The molecule has 0 aliphatic heterocycles. The number of amides is 1. The second-order valence-corrected chi connectivity index (χ2v) is 8.92. The Kier molecular flexibility index (Phi) is 8.71. The molecule has 0 spiro atoms. The van der Waals surface area contributed by atoms with E-state index in [1.54, 1.807) is 6.92 Å². The molecule has 1 aromatic heterocycles. The lowest BCUT2D eigenvalue weighted by Gasteiger charge is -2.13. The van der Waals surface area contributed by atoms with Crippen LogP contribution < -0.4 is 14.8 Å². The van der Waals surface area contributed by atoms with Crippen LogP contribution in [0.2, 0.25) is 0 Å². The summed E-state index contributed by atoms with van der Waals surface area (Å²) in [6.45, 7) is 10.6. The molecule has 3 aromatic rings. The lowest BCUT2D eigenvalue weighted by molar-refractivity contribution is -0.118. The first-order chi connectivity index (χ1) is 16.3. The van der Waals surface area contributed by atoms with Crippen LogP contribution in [0.15, 0.2) is 47.8 Å². The van der Waals surface area contributed by atoms with Crippen molar-refractivity contribution >= 4 is 28.2 Å². The minimum Gasteiger partial charge on any atom is -0.494 e. The average molecular weight is 482 g/mol. The second kappa shape index (κ2) is 11.7. The number of carbonyl (C=O) groups is 2. The molecule has 1 amide bonds. The molecule has 0 aliphatic rings. The van der Waals surface area contributed by atoms with E-state index in [1.807, 2.05) is 61.7 Å². The first-order valence-corrected chi connectivity index (χ1v) is 12.3. The molecule has 7 heteroatoms. The van der Waals surface area contributed by atoms with Crippen molar-refractivity contribution in [3.05, 3.63) is 64.5 Å². The quantitative estimate of drug-likeness (QED) is 0.337. The summed E-state index contributed by atoms with van der Waals surface area (Å²) in [5, 5.41) is 5.09. The normalized spacial score (nSPS) is 10.8. The van der Waals surface area contributed by atoms with E-state index in [0.29, 0.717) is 34.4 Å². The third-order valence-corrected chi connectivity index (χ3v) is 6.13. The Morgan fingerprint density at radius 2 is 1.68 bits per heavy atom. The number of aryl methyl sites for hydroxylation is 1. The van der Waals surface area contributed by atoms with Crippen molar-refractivity contribution in [3.8, 4) is 22.6 Å². The van der Waals surface area contributed by atoms with E-state index >= 15 is 0 Å². The summed E-state index contributed by atoms with van der Waals surface area (Å²) in [4.78, 5) is 25.4. The third-order valence-electron chi connectivity index (χ3n) is 5.23. The third kappa shape index (κ3) is 6.17. The number of rotatable bonds is 10. The van der Waals surface area contributed by atoms with E-state index in [0.717, 1.165) is 16.9 Å². The molecule has 1 N–H and O–H groups in total. The topological polar surface area (TPSA) is 73.9 Å². The highest BCUT2D eigenvalue weighted by Gasteiger charge is 2.23. The minimum absolute atomic E-state index is 0.168. The SMILES string of the molecule is CCOC(=O)c1c(-c2ccc(OCC)cc2)csc1NC(=O)COc1ccc(C(C)C)c(C)c1. The molecule has 34 heavy (non-hydrogen) atoms. The number of ether oxygens (including phenoxy) is 3. The van der Waals surface area contributed by atoms with Crippen LogP contribution in [0.3, 0.4) is 0 Å². The van der Waals surface area contributed by atoms with Crippen LogP contribution in [0.5, 0.6) is 11.5 Å². The number of esters is 1. The van der Waals surface area contributed by atoms with Gasteiger partial charge in [-0.25, -0.2) is 4.79 Å². The van der Waals surface area contributed by atoms with Crippen molar-refractivity contribution in [2.45, 2.75) is 40.5 Å². The van der Waals surface area contributed by atoms with E-state index in [2.05, 4.69) is 19.2 Å². The summed E-state index contributed by atoms with van der Waals surface area (Å²) in [5.41, 5.74) is 4.23. The molecule has 0 radical (unpaired) electrons. The van der Waals surface area contributed by atoms with Gasteiger partial charge in [-0.05, 0) is 67.6 Å². The maximum absolute atomic E-state index is 12.8. The smallest absolute Gasteiger partial charge is 0.341 e. The minimum atomic E-state index is -0.483. The van der Waals surface area contributed by atoms with Gasteiger partial charge in [0.1, 0.15) is 22.1 Å². The van der Waals surface area contributed by atoms with Gasteiger partial charge in [-0.2, -0.15) is 0 Å². The van der Waals surface area contributed by atoms with Gasteiger partial charge in [-0.1, -0.05) is 32.0 Å². The van der Waals surface area contributed by atoms with Crippen molar-refractivity contribution in [3.63, 3.8) is 0 Å². The van der Waals surface area contributed by atoms with E-state index in [-0.39, 0.29) is 19.1 Å². The van der Waals surface area contributed by atoms with Gasteiger partial charge in [0.2, 0.25) is 0 Å². The monoisotopic (exact) mass is 481 g/mol. The van der Waals surface area contributed by atoms with Gasteiger partial charge in [-0.3, -0.25) is 4.79 Å². The zero-order chi connectivity index (χ0) is 24.7. The molecule has 0 fully saturated rings. The largest absolute Gasteiger partial charge is 0.494 e. The summed E-state index contributed by atoms with van der Waals surface area (Å²) in [6.07, 6.45) is 0. The van der Waals surface area contributed by atoms with Crippen LogP contribution in [0, 0.1) is 6.92 Å². The fourth-order valence-electron chi connectivity index (χ4n) is 3.66. The number of thiophene rings is 1. The number of nitrogens with one attached hydrogen (secondary N) is 1. The molecule has 0 unspecified atom stereocenters. The van der Waals surface area contributed by atoms with Crippen LogP contribution in [0.1, 0.15) is 55.1 Å². The van der Waals surface area contributed by atoms with Gasteiger partial charge in [0, 0.05) is 10.9 Å². The number of hydrogen-bond donors (Lipinski definition) is 1. The first kappa shape index (κ1) is 25.3. The summed E-state index contributed by atoms with van der Waals surface area (Å²) in [6, 6.07) is 13.3. The summed E-state index contributed by atoms with van der Waals surface area (Å²) >= 11 is 1.28. The predicted molar refractivity (Wildman–Crippen MR) is 136 cm³/mol. The Balaban J connectivity index is 1.76. The van der Waals surface area contributed by atoms with Gasteiger partial charge in [0.05, 0.1) is 13.2 Å². The Hall–Kier alpha value is -3.32. The lowest BCUT2D eigenvalue weighted by atomic mass is 9.98. The van der Waals surface area contributed by atoms with Crippen LogP contribution in [0.25, 0.3) is 11.1 Å². The van der Waals surface area contributed by atoms with Crippen LogP contribution in [-0.4, -0.2) is 31.7 Å². The standard InChI is InChI=1S/C27H31NO5S/c1-6-31-20-10-8-19(9-11-20)23-16-34-26(25(23)27(30)32-7-2)28-24(29)15-33-21-12-13-22(17(3)4)18(5)14-21/h8-14,16-17H,6-7,15H2,1-5H3,(H,28,29). The molecule has 180 valence electrons. The van der Waals surface area contributed by atoms with E-state index in [1.165, 1.54) is 16.9 Å². The average Bonchev–Trinajstić information content (AvgIpc) is 3.22. The molecule has 0 aliphatic carbocycles. The molecule has 0 atom stereocenters. The van der Waals surface area contributed by atoms with E-state index in [4.69, 9.17) is 14.2 Å². The van der Waals surface area contributed by atoms with Crippen molar-refractivity contribution in [1.82, 2.24) is 0 Å². The number of carbonyl (C=O) groups excluding carboxylic acids is 2. The fraction of sp³-hybridized carbons (Fsp3) is 0.333. The van der Waals surface area contributed by atoms with Gasteiger partial charge in [0.25, 0.3) is 5.91 Å². The van der Waals surface area contributed by atoms with Gasteiger partial charge >= 0.3 is 5.97 Å². The highest BCUT2D eigenvalue weighted by Crippen LogP contribution is 2.37. The maximum atomic E-state index is 12.8. The molecule has 0 saturated carbocycles. The highest BCUT2D eigenvalue weighted by molar-refractivity contribution is 7.15. The Morgan fingerprint density at radius 3 is 2.29 bits per heavy atom. The Labute approximate surface area is 204 Å². The van der Waals surface area contributed by atoms with Crippen molar-refractivity contribution in [2.75, 3.05) is 25.1 Å². The zero-order valence-corrected chi connectivity index (χ0v) is 21.1. The number of benzene rings is 2. The van der Waals surface area contributed by atoms with Gasteiger partial charge in [-0.15, -0.1) is 11.3 Å². The molecule has 6 nitrogen and oxygen atoms in total. The van der Waals surface area contributed by atoms with Crippen molar-refractivity contribution in [2.24, 2.45) is 0 Å². The lowest BCUT2D eigenvalue weighted by Crippen LogP contribution is -2.21. The first-order valence-electron chi connectivity index (χ1n) is 11.4. The summed E-state index contributed by atoms with van der Waals surface area (Å²) in [5.74, 6) is 0.965. The number of anilines is 1. The van der Waals surface area contributed by atoms with Crippen LogP contribution in [-0.2, 0) is 9.53 Å². The number of hydrogen-bond acceptors (Lipinski definition) is 6. The van der Waals surface area contributed by atoms with E-state index < -0.39 is 5.97 Å². The fourth-order valence-corrected chi connectivity index (χ4v) is 4.64. The molecule has 3 rings (SSSR count). The molecule has 1 heterocycles. The van der Waals surface area contributed by atoms with Crippen LogP contribution in [0.4, 0.5) is 5.00 Å². The van der Waals surface area contributed by atoms with Crippen LogP contribution >= 0.6 is 11.3 Å². The van der Waals surface area contributed by atoms with Gasteiger partial charge in [0.15, 0.2) is 6.61 Å². The highest BCUT2D eigenvalue weighted by atomic mass is 32.1. The molecule has 2 aromatic carbocycles. The Bertz CT molecular complexity index is 1130. The molecular formula is C27H31NO5S. The molecule has 0 bridgehead atoms. The van der Waals surface area contributed by atoms with Crippen molar-refractivity contribution < 1.29 is 23.8 Å². The predicted octanol–water partition coefficient (Wildman–Crippen LogP) is 6.44. The zero-order valence-electron chi connectivity index (χ0n) is 20.3. The maximum Gasteiger partial charge on any atom is 0.341 e. The van der Waals surface area contributed by atoms with Crippen molar-refractivity contribution in [1.29, 1.82) is 0 Å².